The number of hydrazine groups is 1. The molecule has 160 valence electrons. The Morgan fingerprint density at radius 3 is 2.94 bits per heavy atom. The molecule has 3 N–H and O–H groups in total. The van der Waals surface area contributed by atoms with E-state index >= 15 is 0 Å². The third-order valence-corrected chi connectivity index (χ3v) is 6.11. The van der Waals surface area contributed by atoms with Crippen LogP contribution in [0.1, 0.15) is 12.0 Å². The molecule has 0 radical (unpaired) electrons. The number of aliphatic imine (C=N–C) groups is 1. The van der Waals surface area contributed by atoms with E-state index in [-0.39, 0.29) is 12.5 Å². The van der Waals surface area contributed by atoms with Gasteiger partial charge in [0, 0.05) is 22.2 Å². The number of halogens is 1. The van der Waals surface area contributed by atoms with Gasteiger partial charge in [0.2, 0.25) is 0 Å². The Hall–Kier alpha value is -2.59. The van der Waals surface area contributed by atoms with E-state index in [0.29, 0.717) is 6.54 Å². The second-order valence-electron chi connectivity index (χ2n) is 6.75. The van der Waals surface area contributed by atoms with E-state index in [0.717, 1.165) is 44.4 Å². The molecule has 0 saturated heterocycles. The number of hydrogen-bond acceptors (Lipinski definition) is 8. The van der Waals surface area contributed by atoms with Crippen molar-refractivity contribution in [1.29, 1.82) is 0 Å². The number of hydrogen-bond donors (Lipinski definition) is 3. The zero-order valence-electron chi connectivity index (χ0n) is 16.9. The number of allylic oxidation sites excluding steroid dienone is 5. The molecule has 9 heteroatoms. The Balaban J connectivity index is 1.47. The van der Waals surface area contributed by atoms with Gasteiger partial charge in [0.25, 0.3) is 0 Å². The highest BCUT2D eigenvalue weighted by Gasteiger charge is 2.28. The van der Waals surface area contributed by atoms with Crippen LogP contribution in [-0.4, -0.2) is 36.9 Å². The lowest BCUT2D eigenvalue weighted by Crippen LogP contribution is -2.39. The van der Waals surface area contributed by atoms with Gasteiger partial charge < -0.3 is 10.1 Å². The summed E-state index contributed by atoms with van der Waals surface area (Å²) >= 11 is 5.03. The number of carbonyl (C=O) groups excluding carboxylic acids is 1. The monoisotopic (exact) mass is 499 g/mol. The molecule has 1 aromatic carbocycles. The van der Waals surface area contributed by atoms with Crippen molar-refractivity contribution in [2.75, 3.05) is 20.2 Å². The minimum absolute atomic E-state index is 0.157. The number of fused-ring (bicyclic) bond motifs is 1. The zero-order valence-corrected chi connectivity index (χ0v) is 19.3. The van der Waals surface area contributed by atoms with E-state index in [1.54, 1.807) is 0 Å². The molecule has 0 fully saturated rings. The predicted octanol–water partition coefficient (Wildman–Crippen LogP) is 3.44. The molecule has 1 aromatic rings. The summed E-state index contributed by atoms with van der Waals surface area (Å²) in [6.45, 7) is 0.840. The summed E-state index contributed by atoms with van der Waals surface area (Å²) < 4.78 is 8.66. The van der Waals surface area contributed by atoms with Gasteiger partial charge >= 0.3 is 5.97 Å². The fourth-order valence-corrected chi connectivity index (χ4v) is 4.16. The van der Waals surface area contributed by atoms with Crippen LogP contribution in [0.15, 0.2) is 92.4 Å². The molecule has 1 aliphatic carbocycles. The van der Waals surface area contributed by atoms with E-state index < -0.39 is 0 Å². The maximum Gasteiger partial charge on any atom is 0.320 e. The average Bonchev–Trinajstić information content (AvgIpc) is 3.03. The van der Waals surface area contributed by atoms with Crippen LogP contribution in [0.25, 0.3) is 0 Å². The standard InChI is InChI=1S/C22H22BrN5O2S/c1-30-21(29)14-25-31-17-9-5-8-16(10-11-17)26-20-12-19(15-6-3-2-4-7-15)27-22-18(23)13-24-28(20)22/h2-4,6-12,24-26H,5,13-14H2,1H3. The van der Waals surface area contributed by atoms with Gasteiger partial charge in [0.15, 0.2) is 5.82 Å². The molecule has 0 unspecified atom stereocenters. The third-order valence-electron chi connectivity index (χ3n) is 4.65. The van der Waals surface area contributed by atoms with Gasteiger partial charge in [-0.25, -0.2) is 20.1 Å². The molecule has 0 spiro atoms. The van der Waals surface area contributed by atoms with Crippen LogP contribution in [0, 0.1) is 0 Å². The molecule has 0 saturated carbocycles. The first kappa shape index (κ1) is 21.6. The van der Waals surface area contributed by atoms with Crippen LogP contribution in [0.3, 0.4) is 0 Å². The fraction of sp³-hybridized carbons (Fsp3) is 0.182. The lowest BCUT2D eigenvalue weighted by Gasteiger charge is -2.28. The van der Waals surface area contributed by atoms with Gasteiger partial charge in [-0.1, -0.05) is 58.4 Å². The normalized spacial score (nSPS) is 17.9. The summed E-state index contributed by atoms with van der Waals surface area (Å²) in [5, 5.41) is 5.47. The molecule has 0 amide bonds. The summed E-state index contributed by atoms with van der Waals surface area (Å²) in [4.78, 5) is 17.1. The molecule has 3 aliphatic rings. The SMILES string of the molecule is COC(=O)CNSC1=CCC=C(NC2=CC(c3ccccc3)=NC3=C(Br)CNN23)C=C1. The first-order valence-corrected chi connectivity index (χ1v) is 11.3. The van der Waals surface area contributed by atoms with Crippen LogP contribution < -0.4 is 15.5 Å². The molecule has 2 heterocycles. The van der Waals surface area contributed by atoms with Crippen molar-refractivity contribution in [3.05, 3.63) is 93.0 Å². The lowest BCUT2D eigenvalue weighted by molar-refractivity contribution is -0.139. The molecule has 0 atom stereocenters. The maximum absolute atomic E-state index is 11.2. The van der Waals surface area contributed by atoms with Crippen molar-refractivity contribution in [3.8, 4) is 0 Å². The van der Waals surface area contributed by atoms with E-state index in [9.17, 15) is 4.79 Å². The van der Waals surface area contributed by atoms with Crippen LogP contribution in [0.4, 0.5) is 0 Å². The molecule has 2 aliphatic heterocycles. The average molecular weight is 500 g/mol. The first-order chi connectivity index (χ1) is 15.1. The minimum Gasteiger partial charge on any atom is -0.468 e. The summed E-state index contributed by atoms with van der Waals surface area (Å²) in [6.07, 6.45) is 11.1. The Labute approximate surface area is 193 Å². The quantitative estimate of drug-likeness (QED) is 0.391. The Morgan fingerprint density at radius 1 is 1.29 bits per heavy atom. The predicted molar refractivity (Wildman–Crippen MR) is 128 cm³/mol. The van der Waals surface area contributed by atoms with Gasteiger partial charge in [-0.15, -0.1) is 0 Å². The van der Waals surface area contributed by atoms with Gasteiger partial charge in [0.1, 0.15) is 12.4 Å². The summed E-state index contributed by atoms with van der Waals surface area (Å²) in [5.74, 6) is 1.46. The van der Waals surface area contributed by atoms with Crippen molar-refractivity contribution < 1.29 is 9.53 Å². The van der Waals surface area contributed by atoms with Gasteiger partial charge in [-0.05, 0) is 30.5 Å². The van der Waals surface area contributed by atoms with Crippen molar-refractivity contribution in [2.45, 2.75) is 6.42 Å². The van der Waals surface area contributed by atoms with E-state index in [4.69, 9.17) is 4.99 Å². The lowest BCUT2D eigenvalue weighted by atomic mass is 10.1. The van der Waals surface area contributed by atoms with Gasteiger partial charge in [-0.3, -0.25) is 4.79 Å². The van der Waals surface area contributed by atoms with Crippen LogP contribution in [0.5, 0.6) is 0 Å². The highest BCUT2D eigenvalue weighted by Crippen LogP contribution is 2.29. The highest BCUT2D eigenvalue weighted by molar-refractivity contribution is 9.11. The van der Waals surface area contributed by atoms with E-state index in [1.807, 2.05) is 41.4 Å². The van der Waals surface area contributed by atoms with Crippen molar-refractivity contribution in [2.24, 2.45) is 4.99 Å². The molecule has 4 rings (SSSR count). The van der Waals surface area contributed by atoms with Crippen LogP contribution in [0.2, 0.25) is 0 Å². The second kappa shape index (κ2) is 10.1. The van der Waals surface area contributed by atoms with Crippen LogP contribution >= 0.6 is 27.9 Å². The largest absolute Gasteiger partial charge is 0.468 e. The molecule has 0 aromatic heterocycles. The van der Waals surface area contributed by atoms with Gasteiger partial charge in [0.05, 0.1) is 23.8 Å². The molecular formula is C22H22BrN5O2S. The Morgan fingerprint density at radius 2 is 2.13 bits per heavy atom. The van der Waals surface area contributed by atoms with Crippen molar-refractivity contribution in [1.82, 2.24) is 20.5 Å². The fourth-order valence-electron chi connectivity index (χ4n) is 3.10. The molecular weight excluding hydrogens is 478 g/mol. The van der Waals surface area contributed by atoms with E-state index in [2.05, 4.69) is 60.4 Å². The maximum atomic E-state index is 11.2. The number of ether oxygens (including phenoxy) is 1. The number of benzene rings is 1. The molecule has 0 bridgehead atoms. The van der Waals surface area contributed by atoms with Gasteiger partial charge in [-0.2, -0.15) is 0 Å². The summed E-state index contributed by atoms with van der Waals surface area (Å²) in [7, 11) is 1.38. The smallest absolute Gasteiger partial charge is 0.320 e. The van der Waals surface area contributed by atoms with E-state index in [1.165, 1.54) is 19.1 Å². The number of carbonyl (C=O) groups is 1. The van der Waals surface area contributed by atoms with Crippen LogP contribution in [-0.2, 0) is 9.53 Å². The summed E-state index contributed by atoms with van der Waals surface area (Å²) in [5.41, 5.74) is 6.27. The highest BCUT2D eigenvalue weighted by atomic mass is 79.9. The second-order valence-corrected chi connectivity index (χ2v) is 8.67. The first-order valence-electron chi connectivity index (χ1n) is 9.74. The molecule has 7 nitrogen and oxygen atoms in total. The third kappa shape index (κ3) is 5.37. The minimum atomic E-state index is -0.292. The van der Waals surface area contributed by atoms with Crippen molar-refractivity contribution >= 4 is 39.6 Å². The number of esters is 1. The number of methoxy groups -OCH3 is 1. The summed E-state index contributed by atoms with van der Waals surface area (Å²) in [6, 6.07) is 10.1. The Kier molecular flexibility index (Phi) is 7.08. The number of nitrogens with one attached hydrogen (secondary N) is 3. The number of rotatable bonds is 7. The zero-order chi connectivity index (χ0) is 21.6. The van der Waals surface area contributed by atoms with Crippen molar-refractivity contribution in [3.63, 3.8) is 0 Å². The molecule has 31 heavy (non-hydrogen) atoms. The number of nitrogens with zero attached hydrogens (tertiary/aromatic N) is 2. The topological polar surface area (TPSA) is 78.0 Å². The Bertz CT molecular complexity index is 1040.